The van der Waals surface area contributed by atoms with Gasteiger partial charge in [-0.05, 0) is 69.6 Å². The van der Waals surface area contributed by atoms with Crippen LogP contribution in [0.1, 0.15) is 47.4 Å². The van der Waals surface area contributed by atoms with Crippen LogP contribution in [0.4, 0.5) is 5.69 Å². The second-order valence-corrected chi connectivity index (χ2v) is 6.45. The van der Waals surface area contributed by atoms with Crippen LogP contribution in [-0.2, 0) is 19.3 Å². The van der Waals surface area contributed by atoms with Crippen molar-refractivity contribution in [2.75, 3.05) is 11.9 Å². The minimum absolute atomic E-state index is 0. The second kappa shape index (κ2) is 9.22. The highest BCUT2D eigenvalue weighted by Gasteiger charge is 2.13. The summed E-state index contributed by atoms with van der Waals surface area (Å²) in [5.41, 5.74) is 12.2. The number of aliphatic imine (C=N–C) groups is 1. The average Bonchev–Trinajstić information content (AvgIpc) is 2.90. The van der Waals surface area contributed by atoms with Crippen LogP contribution in [0.3, 0.4) is 0 Å². The molecule has 0 saturated carbocycles. The normalized spacial score (nSPS) is 13.9. The van der Waals surface area contributed by atoms with Crippen LogP contribution >= 0.6 is 24.0 Å². The smallest absolute Gasteiger partial charge is 0.193 e. The van der Waals surface area contributed by atoms with Crippen LogP contribution < -0.4 is 11.1 Å². The Kier molecular flexibility index (Phi) is 7.28. The lowest BCUT2D eigenvalue weighted by Gasteiger charge is -2.19. The number of anilines is 1. The number of fused-ring (bicyclic) bond motifs is 1. The Bertz CT molecular complexity index is 720. The number of nitrogens with zero attached hydrogens (tertiary/aromatic N) is 2. The van der Waals surface area contributed by atoms with Crippen molar-refractivity contribution < 1.29 is 4.52 Å². The third kappa shape index (κ3) is 4.96. The van der Waals surface area contributed by atoms with E-state index in [1.54, 1.807) is 0 Å². The summed E-state index contributed by atoms with van der Waals surface area (Å²) in [5, 5.41) is 7.26. The number of hydrogen-bond acceptors (Lipinski definition) is 3. The van der Waals surface area contributed by atoms with Crippen molar-refractivity contribution >= 4 is 35.6 Å². The fourth-order valence-electron chi connectivity index (χ4n) is 3.39. The van der Waals surface area contributed by atoms with E-state index in [9.17, 15) is 0 Å². The van der Waals surface area contributed by atoms with Gasteiger partial charge in [0.15, 0.2) is 5.96 Å². The third-order valence-electron chi connectivity index (χ3n) is 4.71. The summed E-state index contributed by atoms with van der Waals surface area (Å²) in [5.74, 6) is 1.39. The molecule has 0 atom stereocenters. The lowest BCUT2D eigenvalue weighted by Crippen LogP contribution is -2.24. The van der Waals surface area contributed by atoms with Gasteiger partial charge in [0.1, 0.15) is 5.76 Å². The predicted molar refractivity (Wildman–Crippen MR) is 113 cm³/mol. The molecule has 0 fully saturated rings. The van der Waals surface area contributed by atoms with Crippen LogP contribution in [0.5, 0.6) is 0 Å². The number of aromatic nitrogens is 1. The molecule has 0 amide bonds. The van der Waals surface area contributed by atoms with Gasteiger partial charge in [0.25, 0.3) is 0 Å². The quantitative estimate of drug-likeness (QED) is 0.308. The van der Waals surface area contributed by atoms with E-state index in [1.807, 2.05) is 13.8 Å². The lowest BCUT2D eigenvalue weighted by molar-refractivity contribution is 0.392. The van der Waals surface area contributed by atoms with Gasteiger partial charge in [-0.15, -0.1) is 24.0 Å². The molecule has 0 unspecified atom stereocenters. The van der Waals surface area contributed by atoms with Crippen LogP contribution in [-0.4, -0.2) is 17.7 Å². The third-order valence-corrected chi connectivity index (χ3v) is 4.71. The maximum absolute atomic E-state index is 6.07. The van der Waals surface area contributed by atoms with Crippen LogP contribution in [0.15, 0.2) is 27.7 Å². The number of rotatable bonds is 5. The fraction of sp³-hybridized carbons (Fsp3) is 0.474. The van der Waals surface area contributed by atoms with Crippen molar-refractivity contribution in [1.29, 1.82) is 0 Å². The van der Waals surface area contributed by atoms with E-state index in [4.69, 9.17) is 10.3 Å². The van der Waals surface area contributed by atoms with Gasteiger partial charge < -0.3 is 15.6 Å². The van der Waals surface area contributed by atoms with Crippen LogP contribution in [0.2, 0.25) is 0 Å². The molecule has 5 nitrogen and oxygen atoms in total. The molecule has 0 spiro atoms. The highest BCUT2D eigenvalue weighted by Crippen LogP contribution is 2.27. The summed E-state index contributed by atoms with van der Waals surface area (Å²) in [4.78, 5) is 4.46. The number of benzene rings is 1. The monoisotopic (exact) mass is 454 g/mol. The van der Waals surface area contributed by atoms with Gasteiger partial charge >= 0.3 is 0 Å². The zero-order valence-corrected chi connectivity index (χ0v) is 17.3. The summed E-state index contributed by atoms with van der Waals surface area (Å²) in [6.07, 6.45) is 6.66. The van der Waals surface area contributed by atoms with Gasteiger partial charge in [0.2, 0.25) is 0 Å². The first-order valence-electron chi connectivity index (χ1n) is 8.74. The van der Waals surface area contributed by atoms with Gasteiger partial charge in [-0.2, -0.15) is 0 Å². The molecule has 3 rings (SSSR count). The number of nitrogens with one attached hydrogen (secondary N) is 1. The Balaban J connectivity index is 0.00000225. The first-order valence-corrected chi connectivity index (χ1v) is 8.74. The van der Waals surface area contributed by atoms with Crippen molar-refractivity contribution in [3.05, 3.63) is 46.3 Å². The van der Waals surface area contributed by atoms with Crippen molar-refractivity contribution in [1.82, 2.24) is 5.16 Å². The van der Waals surface area contributed by atoms with E-state index in [-0.39, 0.29) is 24.0 Å². The summed E-state index contributed by atoms with van der Waals surface area (Å²) >= 11 is 0. The molecule has 0 aliphatic heterocycles. The lowest BCUT2D eigenvalue weighted by atomic mass is 9.90. The summed E-state index contributed by atoms with van der Waals surface area (Å²) in [7, 11) is 0. The Hall–Kier alpha value is -1.57. The van der Waals surface area contributed by atoms with Crippen molar-refractivity contribution in [2.45, 2.75) is 52.4 Å². The van der Waals surface area contributed by atoms with E-state index in [1.165, 1.54) is 36.0 Å². The summed E-state index contributed by atoms with van der Waals surface area (Å²) < 4.78 is 5.18. The predicted octanol–water partition coefficient (Wildman–Crippen LogP) is 4.15. The van der Waals surface area contributed by atoms with E-state index in [2.05, 4.69) is 33.7 Å². The zero-order valence-electron chi connectivity index (χ0n) is 15.0. The molecule has 1 aromatic carbocycles. The first-order chi connectivity index (χ1) is 11.6. The standard InChI is InChI=1S/C19H26N4O.HI/c1-13-16(14(2)24-23-13)10-6-12-21-19(20)22-18-11-5-8-15-7-3-4-9-17(15)18;/h5,8,11H,3-4,6-7,9-10,12H2,1-2H3,(H3,20,21,22);1H. The number of nitrogens with two attached hydrogens (primary N) is 1. The van der Waals surface area contributed by atoms with Gasteiger partial charge in [-0.1, -0.05) is 17.3 Å². The fourth-order valence-corrected chi connectivity index (χ4v) is 3.39. The summed E-state index contributed by atoms with van der Waals surface area (Å²) in [6.45, 7) is 4.62. The van der Waals surface area contributed by atoms with Gasteiger partial charge in [-0.25, -0.2) is 0 Å². The van der Waals surface area contributed by atoms with Crippen molar-refractivity contribution in [3.8, 4) is 0 Å². The Morgan fingerprint density at radius 3 is 2.84 bits per heavy atom. The molecule has 6 heteroatoms. The van der Waals surface area contributed by atoms with Crippen LogP contribution in [0, 0.1) is 13.8 Å². The number of hydrogen-bond donors (Lipinski definition) is 2. The molecular formula is C19H27IN4O. The van der Waals surface area contributed by atoms with Gasteiger partial charge in [0, 0.05) is 17.8 Å². The molecule has 0 radical (unpaired) electrons. The summed E-state index contributed by atoms with van der Waals surface area (Å²) in [6, 6.07) is 6.41. The molecule has 1 aromatic heterocycles. The Morgan fingerprint density at radius 1 is 1.28 bits per heavy atom. The molecule has 0 bridgehead atoms. The Labute approximate surface area is 166 Å². The first kappa shape index (κ1) is 19.8. The molecule has 1 aliphatic rings. The SMILES string of the molecule is Cc1noc(C)c1CCCN=C(N)Nc1cccc2c1CCCC2.I. The molecule has 3 N–H and O–H groups in total. The van der Waals surface area contributed by atoms with E-state index in [0.717, 1.165) is 36.4 Å². The molecule has 25 heavy (non-hydrogen) atoms. The number of halogens is 1. The second-order valence-electron chi connectivity index (χ2n) is 6.45. The van der Waals surface area contributed by atoms with E-state index >= 15 is 0 Å². The highest BCUT2D eigenvalue weighted by atomic mass is 127. The van der Waals surface area contributed by atoms with Crippen molar-refractivity contribution in [2.24, 2.45) is 10.7 Å². The molecule has 136 valence electrons. The zero-order chi connectivity index (χ0) is 16.9. The topological polar surface area (TPSA) is 76.4 Å². The minimum Gasteiger partial charge on any atom is -0.370 e. The largest absolute Gasteiger partial charge is 0.370 e. The highest BCUT2D eigenvalue weighted by molar-refractivity contribution is 14.0. The van der Waals surface area contributed by atoms with E-state index in [0.29, 0.717) is 12.5 Å². The maximum Gasteiger partial charge on any atom is 0.193 e. The van der Waals surface area contributed by atoms with E-state index < -0.39 is 0 Å². The Morgan fingerprint density at radius 2 is 2.08 bits per heavy atom. The maximum atomic E-state index is 6.07. The molecule has 1 aliphatic carbocycles. The number of aryl methyl sites for hydroxylation is 3. The molecular weight excluding hydrogens is 427 g/mol. The van der Waals surface area contributed by atoms with Gasteiger partial charge in [-0.3, -0.25) is 4.99 Å². The minimum atomic E-state index is 0. The van der Waals surface area contributed by atoms with Gasteiger partial charge in [0.05, 0.1) is 5.69 Å². The molecule has 2 aromatic rings. The molecule has 1 heterocycles. The molecule has 0 saturated heterocycles. The van der Waals surface area contributed by atoms with Crippen LogP contribution in [0.25, 0.3) is 0 Å². The van der Waals surface area contributed by atoms with Crippen molar-refractivity contribution in [3.63, 3.8) is 0 Å². The number of guanidine groups is 1. The average molecular weight is 454 g/mol.